The number of alkyl halides is 3. The molecule has 2 aromatic heterocycles. The molecular weight excluding hydrogens is 365 g/mol. The Morgan fingerprint density at radius 3 is 2.18 bits per heavy atom. The molecule has 0 fully saturated rings. The third kappa shape index (κ3) is 3.93. The van der Waals surface area contributed by atoms with E-state index >= 15 is 0 Å². The molecule has 0 saturated carbocycles. The Balaban J connectivity index is 1.48. The maximum Gasteiger partial charge on any atom is 0.416 e. The third-order valence-electron chi connectivity index (χ3n) is 4.34. The zero-order valence-electron chi connectivity index (χ0n) is 14.6. The molecule has 0 aliphatic heterocycles. The van der Waals surface area contributed by atoms with Crippen molar-refractivity contribution < 1.29 is 13.2 Å². The molecule has 7 heteroatoms. The molecule has 28 heavy (non-hydrogen) atoms. The summed E-state index contributed by atoms with van der Waals surface area (Å²) < 4.78 is 39.7. The van der Waals surface area contributed by atoms with Gasteiger partial charge in [0.15, 0.2) is 0 Å². The topological polar surface area (TPSA) is 43.6 Å². The van der Waals surface area contributed by atoms with Crippen molar-refractivity contribution in [2.75, 3.05) is 0 Å². The van der Waals surface area contributed by atoms with Gasteiger partial charge in [-0.15, -0.1) is 5.10 Å². The Hall–Kier alpha value is -3.48. The maximum absolute atomic E-state index is 12.7. The second-order valence-corrected chi connectivity index (χ2v) is 6.32. The number of hydrogen-bond donors (Lipinski definition) is 0. The monoisotopic (exact) mass is 380 g/mol. The first-order valence-electron chi connectivity index (χ1n) is 8.56. The minimum absolute atomic E-state index is 0.515. The number of benzene rings is 2. The van der Waals surface area contributed by atoms with Crippen LogP contribution in [0.15, 0.2) is 79.3 Å². The minimum atomic E-state index is -4.35. The second kappa shape index (κ2) is 7.26. The number of rotatable bonds is 4. The van der Waals surface area contributed by atoms with Crippen LogP contribution in [0, 0.1) is 0 Å². The molecule has 4 aromatic rings. The van der Waals surface area contributed by atoms with Crippen LogP contribution in [0.3, 0.4) is 0 Å². The Morgan fingerprint density at radius 1 is 0.821 bits per heavy atom. The summed E-state index contributed by atoms with van der Waals surface area (Å²) in [4.78, 5) is 4.12. The molecule has 0 unspecified atom stereocenters. The van der Waals surface area contributed by atoms with Crippen LogP contribution in [0.25, 0.3) is 22.4 Å². The fourth-order valence-electron chi connectivity index (χ4n) is 2.86. The summed E-state index contributed by atoms with van der Waals surface area (Å²) in [5.41, 5.74) is 3.58. The zero-order valence-corrected chi connectivity index (χ0v) is 14.6. The fraction of sp³-hybridized carbons (Fsp3) is 0.0952. The fourth-order valence-corrected chi connectivity index (χ4v) is 2.86. The van der Waals surface area contributed by atoms with Gasteiger partial charge >= 0.3 is 6.18 Å². The lowest BCUT2D eigenvalue weighted by molar-refractivity contribution is -0.137. The largest absolute Gasteiger partial charge is 0.416 e. The first kappa shape index (κ1) is 17.9. The molecule has 2 aromatic carbocycles. The normalized spacial score (nSPS) is 11.5. The quantitative estimate of drug-likeness (QED) is 0.496. The van der Waals surface area contributed by atoms with E-state index < -0.39 is 11.7 Å². The highest BCUT2D eigenvalue weighted by Crippen LogP contribution is 2.30. The lowest BCUT2D eigenvalue weighted by atomic mass is 10.1. The predicted molar refractivity (Wildman–Crippen MR) is 99.2 cm³/mol. The van der Waals surface area contributed by atoms with Crippen molar-refractivity contribution in [1.29, 1.82) is 0 Å². The number of aromatic nitrogens is 4. The molecule has 0 atom stereocenters. The molecule has 0 amide bonds. The summed E-state index contributed by atoms with van der Waals surface area (Å²) in [6, 6.07) is 16.8. The van der Waals surface area contributed by atoms with Gasteiger partial charge in [-0.1, -0.05) is 47.7 Å². The van der Waals surface area contributed by atoms with Gasteiger partial charge in [0, 0.05) is 18.0 Å². The first-order valence-corrected chi connectivity index (χ1v) is 8.56. The summed E-state index contributed by atoms with van der Waals surface area (Å²) in [7, 11) is 0. The van der Waals surface area contributed by atoms with Gasteiger partial charge in [0.25, 0.3) is 0 Å². The lowest BCUT2D eigenvalue weighted by Crippen LogP contribution is -2.03. The molecule has 0 radical (unpaired) electrons. The Morgan fingerprint density at radius 2 is 1.54 bits per heavy atom. The molecule has 0 N–H and O–H groups in total. The van der Waals surface area contributed by atoms with Crippen LogP contribution >= 0.6 is 0 Å². The third-order valence-corrected chi connectivity index (χ3v) is 4.34. The van der Waals surface area contributed by atoms with Crippen molar-refractivity contribution in [1.82, 2.24) is 20.0 Å². The summed E-state index contributed by atoms with van der Waals surface area (Å²) in [6.45, 7) is 0.515. The molecule has 140 valence electrons. The summed E-state index contributed by atoms with van der Waals surface area (Å²) in [5, 5.41) is 8.14. The number of pyridine rings is 1. The van der Waals surface area contributed by atoms with Crippen LogP contribution in [-0.2, 0) is 12.7 Å². The van der Waals surface area contributed by atoms with Crippen molar-refractivity contribution in [3.05, 3.63) is 90.4 Å². The van der Waals surface area contributed by atoms with E-state index in [9.17, 15) is 13.2 Å². The van der Waals surface area contributed by atoms with Crippen LogP contribution in [0.4, 0.5) is 13.2 Å². The van der Waals surface area contributed by atoms with Gasteiger partial charge in [0.2, 0.25) is 0 Å². The number of nitrogens with zero attached hydrogens (tertiary/aromatic N) is 4. The highest BCUT2D eigenvalue weighted by Gasteiger charge is 2.30. The van der Waals surface area contributed by atoms with E-state index in [4.69, 9.17) is 0 Å². The summed E-state index contributed by atoms with van der Waals surface area (Å²) >= 11 is 0. The highest BCUT2D eigenvalue weighted by atomic mass is 19.4. The molecule has 4 nitrogen and oxygen atoms in total. The standard InChI is InChI=1S/C21H15F3N4/c22-21(23,24)19-9-7-17(8-10-19)20-14-28(27-26-20)13-15-3-5-16(6-4-15)18-2-1-11-25-12-18/h1-12,14H,13H2. The second-order valence-electron chi connectivity index (χ2n) is 6.32. The van der Waals surface area contributed by atoms with Gasteiger partial charge in [-0.2, -0.15) is 13.2 Å². The van der Waals surface area contributed by atoms with E-state index in [-0.39, 0.29) is 0 Å². The SMILES string of the molecule is FC(F)(F)c1ccc(-c2cn(Cc3ccc(-c4cccnc4)cc3)nn2)cc1. The van der Waals surface area contributed by atoms with E-state index in [2.05, 4.69) is 15.3 Å². The van der Waals surface area contributed by atoms with Crippen LogP contribution in [0.1, 0.15) is 11.1 Å². The van der Waals surface area contributed by atoms with E-state index in [1.54, 1.807) is 17.1 Å². The molecule has 0 aliphatic carbocycles. The Labute approximate surface area is 159 Å². The molecule has 0 bridgehead atoms. The van der Waals surface area contributed by atoms with Crippen LogP contribution in [0.2, 0.25) is 0 Å². The first-order chi connectivity index (χ1) is 13.5. The minimum Gasteiger partial charge on any atom is -0.264 e. The highest BCUT2D eigenvalue weighted by molar-refractivity contribution is 5.62. The van der Waals surface area contributed by atoms with Crippen molar-refractivity contribution in [3.8, 4) is 22.4 Å². The average molecular weight is 380 g/mol. The lowest BCUT2D eigenvalue weighted by Gasteiger charge is -2.06. The van der Waals surface area contributed by atoms with Crippen molar-refractivity contribution in [3.63, 3.8) is 0 Å². The molecule has 0 aliphatic rings. The van der Waals surface area contributed by atoms with Crippen molar-refractivity contribution in [2.45, 2.75) is 12.7 Å². The van der Waals surface area contributed by atoms with Gasteiger partial charge in [0.05, 0.1) is 18.3 Å². The molecule has 0 saturated heterocycles. The van der Waals surface area contributed by atoms with Gasteiger partial charge in [-0.05, 0) is 34.9 Å². The van der Waals surface area contributed by atoms with Gasteiger partial charge in [-0.25, -0.2) is 4.68 Å². The predicted octanol–water partition coefficient (Wildman–Crippen LogP) is 5.07. The van der Waals surface area contributed by atoms with E-state index in [1.807, 2.05) is 42.6 Å². The number of hydrogen-bond acceptors (Lipinski definition) is 3. The summed E-state index contributed by atoms with van der Waals surface area (Å²) in [6.07, 6.45) is 0.912. The molecule has 0 spiro atoms. The van der Waals surface area contributed by atoms with E-state index in [0.717, 1.165) is 28.8 Å². The van der Waals surface area contributed by atoms with E-state index in [0.29, 0.717) is 17.8 Å². The molecule has 4 rings (SSSR count). The molecular formula is C21H15F3N4. The molecule has 2 heterocycles. The van der Waals surface area contributed by atoms with Crippen LogP contribution in [-0.4, -0.2) is 20.0 Å². The van der Waals surface area contributed by atoms with Gasteiger partial charge < -0.3 is 0 Å². The maximum atomic E-state index is 12.7. The summed E-state index contributed by atoms with van der Waals surface area (Å²) in [5.74, 6) is 0. The van der Waals surface area contributed by atoms with Crippen molar-refractivity contribution in [2.24, 2.45) is 0 Å². The Bertz CT molecular complexity index is 1050. The smallest absolute Gasteiger partial charge is 0.264 e. The van der Waals surface area contributed by atoms with Gasteiger partial charge in [-0.3, -0.25) is 4.98 Å². The van der Waals surface area contributed by atoms with Crippen molar-refractivity contribution >= 4 is 0 Å². The average Bonchev–Trinajstić information content (AvgIpc) is 3.17. The van der Waals surface area contributed by atoms with Crippen LogP contribution in [0.5, 0.6) is 0 Å². The van der Waals surface area contributed by atoms with Crippen LogP contribution < -0.4 is 0 Å². The zero-order chi connectivity index (χ0) is 19.6. The van der Waals surface area contributed by atoms with E-state index in [1.165, 1.54) is 12.1 Å². The van der Waals surface area contributed by atoms with Gasteiger partial charge in [0.1, 0.15) is 5.69 Å². The number of halogens is 3. The Kier molecular flexibility index (Phi) is 4.65.